The van der Waals surface area contributed by atoms with Gasteiger partial charge in [-0.3, -0.25) is 19.4 Å². The van der Waals surface area contributed by atoms with Crippen LogP contribution < -0.4 is 14.7 Å². The molecular formula is C14H16N3O4+. The second-order valence-electron chi connectivity index (χ2n) is 4.49. The van der Waals surface area contributed by atoms with E-state index in [1.54, 1.807) is 7.11 Å². The molecule has 21 heavy (non-hydrogen) atoms. The van der Waals surface area contributed by atoms with Gasteiger partial charge in [-0.1, -0.05) is 0 Å². The second-order valence-corrected chi connectivity index (χ2v) is 4.49. The van der Waals surface area contributed by atoms with Gasteiger partial charge in [0, 0.05) is 19.4 Å². The first-order chi connectivity index (χ1) is 10.0. The molecule has 1 amide bonds. The molecule has 0 bridgehead atoms. The van der Waals surface area contributed by atoms with Crippen molar-refractivity contribution in [3.63, 3.8) is 0 Å². The van der Waals surface area contributed by atoms with Crippen LogP contribution in [0.2, 0.25) is 0 Å². The van der Waals surface area contributed by atoms with Crippen molar-refractivity contribution in [1.29, 1.82) is 0 Å². The van der Waals surface area contributed by atoms with Crippen molar-refractivity contribution in [2.75, 3.05) is 12.4 Å². The van der Waals surface area contributed by atoms with Crippen molar-refractivity contribution >= 4 is 17.6 Å². The normalized spacial score (nSPS) is 10.2. The number of hydrogen-bond acceptors (Lipinski definition) is 5. The Morgan fingerprint density at radius 1 is 1.29 bits per heavy atom. The molecule has 0 atom stereocenters. The zero-order valence-electron chi connectivity index (χ0n) is 12.0. The molecule has 0 aliphatic heterocycles. The van der Waals surface area contributed by atoms with Crippen LogP contribution in [-0.2, 0) is 11.3 Å². The molecule has 110 valence electrons. The molecule has 1 heterocycles. The summed E-state index contributed by atoms with van der Waals surface area (Å²) in [5, 5.41) is 6.25. The maximum atomic E-state index is 11.7. The van der Waals surface area contributed by atoms with Crippen LogP contribution in [0, 0.1) is 0 Å². The molecule has 1 aromatic carbocycles. The molecule has 2 aromatic rings. The van der Waals surface area contributed by atoms with E-state index in [9.17, 15) is 9.59 Å². The predicted molar refractivity (Wildman–Crippen MR) is 73.1 cm³/mol. The average Bonchev–Trinajstić information content (AvgIpc) is 2.81. The Hall–Kier alpha value is -2.70. The number of nitrogens with zero attached hydrogens (tertiary/aromatic N) is 2. The van der Waals surface area contributed by atoms with Gasteiger partial charge in [0.25, 0.3) is 0 Å². The SMILES string of the molecule is COc1ccc(C[n+]2noc(NC(C)=O)c2C(C)=O)cc1. The average molecular weight is 290 g/mol. The van der Waals surface area contributed by atoms with E-state index < -0.39 is 0 Å². The monoisotopic (exact) mass is 290 g/mol. The van der Waals surface area contributed by atoms with Gasteiger partial charge in [-0.2, -0.15) is 0 Å². The lowest BCUT2D eigenvalue weighted by atomic mass is 10.2. The smallest absolute Gasteiger partial charge is 0.340 e. The van der Waals surface area contributed by atoms with Gasteiger partial charge < -0.3 is 4.74 Å². The van der Waals surface area contributed by atoms with Crippen molar-refractivity contribution in [2.45, 2.75) is 20.4 Å². The third kappa shape index (κ3) is 3.44. The highest BCUT2D eigenvalue weighted by Crippen LogP contribution is 2.14. The Balaban J connectivity index is 2.28. The van der Waals surface area contributed by atoms with E-state index in [-0.39, 0.29) is 23.3 Å². The van der Waals surface area contributed by atoms with Crippen molar-refractivity contribution in [2.24, 2.45) is 0 Å². The first-order valence-electron chi connectivity index (χ1n) is 6.32. The molecular weight excluding hydrogens is 274 g/mol. The molecule has 0 saturated heterocycles. The number of nitrogens with one attached hydrogen (secondary N) is 1. The van der Waals surface area contributed by atoms with E-state index in [1.165, 1.54) is 18.5 Å². The third-order valence-corrected chi connectivity index (χ3v) is 2.82. The molecule has 0 radical (unpaired) electrons. The summed E-state index contributed by atoms with van der Waals surface area (Å²) in [6, 6.07) is 7.36. The highest BCUT2D eigenvalue weighted by atomic mass is 16.5. The summed E-state index contributed by atoms with van der Waals surface area (Å²) in [4.78, 5) is 22.8. The number of methoxy groups -OCH3 is 1. The van der Waals surface area contributed by atoms with Gasteiger partial charge in [-0.05, 0) is 28.9 Å². The summed E-state index contributed by atoms with van der Waals surface area (Å²) in [5.74, 6) is 0.233. The molecule has 0 spiro atoms. The molecule has 0 aliphatic carbocycles. The maximum Gasteiger partial charge on any atom is 0.340 e. The number of ketones is 1. The first kappa shape index (κ1) is 14.7. The molecule has 0 fully saturated rings. The van der Waals surface area contributed by atoms with Crippen LogP contribution >= 0.6 is 0 Å². The zero-order valence-corrected chi connectivity index (χ0v) is 12.0. The zero-order chi connectivity index (χ0) is 15.4. The Kier molecular flexibility index (Phi) is 4.32. The van der Waals surface area contributed by atoms with E-state index in [4.69, 9.17) is 9.26 Å². The standard InChI is InChI=1S/C14H15N3O4/c1-9(18)13-14(15-10(2)19)21-16-17(13)8-11-4-6-12(20-3)7-5-11/h4-7H,8H2,1-3H3/p+1. The van der Waals surface area contributed by atoms with Gasteiger partial charge in [0.15, 0.2) is 0 Å². The largest absolute Gasteiger partial charge is 0.497 e. The number of Topliss-reactive ketones (excluding diaryl/α,β-unsaturated/α-hetero) is 1. The van der Waals surface area contributed by atoms with Crippen LogP contribution in [0.5, 0.6) is 5.75 Å². The van der Waals surface area contributed by atoms with Gasteiger partial charge in [-0.25, -0.2) is 0 Å². The van der Waals surface area contributed by atoms with E-state index in [0.717, 1.165) is 11.3 Å². The van der Waals surface area contributed by atoms with Crippen molar-refractivity contribution in [3.05, 3.63) is 35.5 Å². The fourth-order valence-corrected chi connectivity index (χ4v) is 1.89. The first-order valence-corrected chi connectivity index (χ1v) is 6.32. The lowest BCUT2D eigenvalue weighted by Gasteiger charge is -1.99. The highest BCUT2D eigenvalue weighted by Gasteiger charge is 2.29. The summed E-state index contributed by atoms with van der Waals surface area (Å²) in [6.45, 7) is 3.07. The van der Waals surface area contributed by atoms with Crippen LogP contribution in [0.25, 0.3) is 0 Å². The number of benzene rings is 1. The molecule has 0 saturated carbocycles. The van der Waals surface area contributed by atoms with Crippen molar-refractivity contribution in [1.82, 2.24) is 5.27 Å². The predicted octanol–water partition coefficient (Wildman–Crippen LogP) is 1.18. The Morgan fingerprint density at radius 3 is 2.48 bits per heavy atom. The topological polar surface area (TPSA) is 85.3 Å². The fourth-order valence-electron chi connectivity index (χ4n) is 1.89. The Bertz CT molecular complexity index is 661. The third-order valence-electron chi connectivity index (χ3n) is 2.82. The van der Waals surface area contributed by atoms with E-state index in [2.05, 4.69) is 10.6 Å². The number of carbonyl (C=O) groups excluding carboxylic acids is 2. The van der Waals surface area contributed by atoms with Crippen LogP contribution in [0.3, 0.4) is 0 Å². The van der Waals surface area contributed by atoms with E-state index in [1.807, 2.05) is 24.3 Å². The van der Waals surface area contributed by atoms with Crippen LogP contribution in [0.4, 0.5) is 5.88 Å². The molecule has 7 nitrogen and oxygen atoms in total. The summed E-state index contributed by atoms with van der Waals surface area (Å²) >= 11 is 0. The van der Waals surface area contributed by atoms with Gasteiger partial charge >= 0.3 is 11.6 Å². The number of amides is 1. The number of rotatable bonds is 5. The summed E-state index contributed by atoms with van der Waals surface area (Å²) in [5.41, 5.74) is 1.15. The second kappa shape index (κ2) is 6.17. The fraction of sp³-hybridized carbons (Fsp3) is 0.286. The number of hydrogen-bond donors (Lipinski definition) is 1. The molecule has 1 aromatic heterocycles. The molecule has 7 heteroatoms. The molecule has 1 N–H and O–H groups in total. The molecule has 0 aliphatic rings. The highest BCUT2D eigenvalue weighted by molar-refractivity contribution is 5.98. The van der Waals surface area contributed by atoms with Gasteiger partial charge in [-0.15, -0.1) is 0 Å². The minimum absolute atomic E-state index is 0.0588. The van der Waals surface area contributed by atoms with Gasteiger partial charge in [0.2, 0.25) is 23.5 Å². The summed E-state index contributed by atoms with van der Waals surface area (Å²) < 4.78 is 11.5. The van der Waals surface area contributed by atoms with Gasteiger partial charge in [0.1, 0.15) is 5.75 Å². The maximum absolute atomic E-state index is 11.7. The number of anilines is 1. The quantitative estimate of drug-likeness (QED) is 0.660. The number of aromatic nitrogens is 2. The lowest BCUT2D eigenvalue weighted by molar-refractivity contribution is -0.756. The summed E-state index contributed by atoms with van der Waals surface area (Å²) in [7, 11) is 1.59. The summed E-state index contributed by atoms with van der Waals surface area (Å²) in [6.07, 6.45) is 0. The number of ether oxygens (including phenoxy) is 1. The van der Waals surface area contributed by atoms with Crippen LogP contribution in [0.15, 0.2) is 28.8 Å². The van der Waals surface area contributed by atoms with E-state index in [0.29, 0.717) is 6.54 Å². The lowest BCUT2D eigenvalue weighted by Crippen LogP contribution is -2.41. The van der Waals surface area contributed by atoms with E-state index >= 15 is 0 Å². The Labute approximate surface area is 121 Å². The van der Waals surface area contributed by atoms with Crippen LogP contribution in [0.1, 0.15) is 29.9 Å². The number of carbonyl (C=O) groups is 2. The van der Waals surface area contributed by atoms with Crippen LogP contribution in [-0.4, -0.2) is 24.1 Å². The minimum Gasteiger partial charge on any atom is -0.497 e. The van der Waals surface area contributed by atoms with Crippen molar-refractivity contribution < 1.29 is 23.5 Å². The Morgan fingerprint density at radius 2 is 1.95 bits per heavy atom. The minimum atomic E-state index is -0.328. The van der Waals surface area contributed by atoms with Gasteiger partial charge in [0.05, 0.1) is 7.11 Å². The molecule has 2 rings (SSSR count). The molecule has 0 unspecified atom stereocenters. The van der Waals surface area contributed by atoms with Crippen molar-refractivity contribution in [3.8, 4) is 5.75 Å².